The minimum Gasteiger partial charge on any atom is -0.389 e. The van der Waals surface area contributed by atoms with Crippen LogP contribution in [0.1, 0.15) is 12.5 Å². The molecule has 2 atom stereocenters. The van der Waals surface area contributed by atoms with E-state index in [9.17, 15) is 13.0 Å². The zero-order chi connectivity index (χ0) is 13.9. The highest BCUT2D eigenvalue weighted by molar-refractivity contribution is 7.84. The fourth-order valence-electron chi connectivity index (χ4n) is 1.25. The molecule has 0 fully saturated rings. The van der Waals surface area contributed by atoms with Gasteiger partial charge >= 0.3 is 0 Å². The topological polar surface area (TPSA) is 55.1 Å². The summed E-state index contributed by atoms with van der Waals surface area (Å²) in [7, 11) is -1.06. The zero-order valence-electron chi connectivity index (χ0n) is 10.00. The van der Waals surface area contributed by atoms with Crippen LogP contribution in [-0.4, -0.2) is 27.2 Å². The maximum Gasteiger partial charge on any atom is 0.150 e. The molecule has 0 aliphatic rings. The van der Waals surface area contributed by atoms with Crippen molar-refractivity contribution in [3.05, 3.63) is 29.3 Å². The molecule has 1 aromatic carbocycles. The second-order valence-corrected chi connectivity index (χ2v) is 6.11. The van der Waals surface area contributed by atoms with Crippen molar-refractivity contribution in [2.24, 2.45) is 5.73 Å². The summed E-state index contributed by atoms with van der Waals surface area (Å²) in [5, 5.41) is 2.39. The number of benzene rings is 1. The number of anilines is 1. The number of hydrogen-bond acceptors (Lipinski definition) is 3. The number of nitrogens with two attached hydrogens (primary N) is 1. The first-order valence-corrected chi connectivity index (χ1v) is 7.20. The Bertz CT molecular complexity index is 471. The van der Waals surface area contributed by atoms with Gasteiger partial charge in [-0.1, -0.05) is 12.2 Å². The molecule has 18 heavy (non-hydrogen) atoms. The van der Waals surface area contributed by atoms with Gasteiger partial charge in [-0.2, -0.15) is 0 Å². The van der Waals surface area contributed by atoms with Gasteiger partial charge in [0.05, 0.1) is 0 Å². The van der Waals surface area contributed by atoms with Crippen LogP contribution < -0.4 is 11.1 Å². The van der Waals surface area contributed by atoms with E-state index in [0.717, 1.165) is 12.1 Å². The van der Waals surface area contributed by atoms with Crippen molar-refractivity contribution in [2.45, 2.75) is 12.2 Å². The number of hydrogen-bond donors (Lipinski definition) is 2. The Morgan fingerprint density at radius 1 is 1.50 bits per heavy atom. The van der Waals surface area contributed by atoms with E-state index in [1.54, 1.807) is 6.92 Å². The summed E-state index contributed by atoms with van der Waals surface area (Å²) in [4.78, 5) is -0.0672. The van der Waals surface area contributed by atoms with Gasteiger partial charge in [-0.05, 0) is 19.1 Å². The summed E-state index contributed by atoms with van der Waals surface area (Å²) in [6, 6.07) is 2.14. The highest BCUT2D eigenvalue weighted by Crippen LogP contribution is 2.21. The van der Waals surface area contributed by atoms with E-state index < -0.39 is 22.4 Å². The Kier molecular flexibility index (Phi) is 5.15. The minimum atomic E-state index is -1.06. The first-order valence-electron chi connectivity index (χ1n) is 5.18. The second kappa shape index (κ2) is 6.19. The Labute approximate surface area is 112 Å². The lowest BCUT2D eigenvalue weighted by Crippen LogP contribution is -2.22. The third-order valence-corrected chi connectivity index (χ3v) is 4.00. The van der Waals surface area contributed by atoms with Crippen LogP contribution >= 0.6 is 12.2 Å². The van der Waals surface area contributed by atoms with Crippen LogP contribution in [0.2, 0.25) is 0 Å². The van der Waals surface area contributed by atoms with Gasteiger partial charge in [0.15, 0.2) is 0 Å². The number of rotatable bonds is 5. The van der Waals surface area contributed by atoms with Crippen molar-refractivity contribution in [1.82, 2.24) is 0 Å². The number of nitrogens with one attached hydrogen (secondary N) is 1. The highest BCUT2D eigenvalue weighted by atomic mass is 32.2. The molecule has 0 radical (unpaired) electrons. The van der Waals surface area contributed by atoms with Gasteiger partial charge in [0, 0.05) is 34.4 Å². The molecule has 0 aliphatic carbocycles. The monoisotopic (exact) mass is 292 g/mol. The number of thiocarbonyl (C=S) groups is 1. The minimum absolute atomic E-state index is 0.0672. The molecule has 100 valence electrons. The van der Waals surface area contributed by atoms with Crippen molar-refractivity contribution in [3.8, 4) is 0 Å². The average Bonchev–Trinajstić information content (AvgIpc) is 2.26. The van der Waals surface area contributed by atoms with Gasteiger partial charge in [-0.3, -0.25) is 4.21 Å². The predicted octanol–water partition coefficient (Wildman–Crippen LogP) is 1.78. The molecule has 0 heterocycles. The van der Waals surface area contributed by atoms with E-state index in [2.05, 4.69) is 17.5 Å². The van der Waals surface area contributed by atoms with Gasteiger partial charge in [0.25, 0.3) is 0 Å². The van der Waals surface area contributed by atoms with Crippen molar-refractivity contribution in [1.29, 1.82) is 0 Å². The van der Waals surface area contributed by atoms with E-state index in [1.807, 2.05) is 0 Å². The molecule has 7 heteroatoms. The molecule has 0 aromatic heterocycles. The summed E-state index contributed by atoms with van der Waals surface area (Å²) < 4.78 is 38.4. The maximum atomic E-state index is 13.6. The van der Waals surface area contributed by atoms with Gasteiger partial charge in [0.2, 0.25) is 0 Å². The van der Waals surface area contributed by atoms with Crippen LogP contribution in [0.3, 0.4) is 0 Å². The molecule has 0 bridgehead atoms. The number of halogens is 2. The third kappa shape index (κ3) is 3.71. The molecule has 0 saturated carbocycles. The van der Waals surface area contributed by atoms with Crippen LogP contribution in [-0.2, 0) is 10.8 Å². The molecule has 2 unspecified atom stereocenters. The molecular formula is C11H14F2N2OS2. The molecular weight excluding hydrogens is 278 g/mol. The van der Waals surface area contributed by atoms with E-state index in [4.69, 9.17) is 5.73 Å². The molecule has 0 spiro atoms. The smallest absolute Gasteiger partial charge is 0.150 e. The summed E-state index contributed by atoms with van der Waals surface area (Å²) in [5.41, 5.74) is 5.18. The summed E-state index contributed by atoms with van der Waals surface area (Å²) in [6.07, 6.45) is 1.54. The molecule has 3 N–H and O–H groups in total. The largest absolute Gasteiger partial charge is 0.389 e. The van der Waals surface area contributed by atoms with E-state index in [1.165, 1.54) is 6.26 Å². The van der Waals surface area contributed by atoms with Crippen molar-refractivity contribution in [3.63, 3.8) is 0 Å². The quantitative estimate of drug-likeness (QED) is 0.812. The summed E-state index contributed by atoms with van der Waals surface area (Å²) in [6.45, 7) is 1.94. The van der Waals surface area contributed by atoms with E-state index in [-0.39, 0.29) is 28.0 Å². The first-order chi connectivity index (χ1) is 8.32. The molecule has 3 nitrogen and oxygen atoms in total. The van der Waals surface area contributed by atoms with Gasteiger partial charge < -0.3 is 11.1 Å². The highest BCUT2D eigenvalue weighted by Gasteiger charge is 2.14. The standard InChI is InChI=1S/C11H14F2N2OS2/c1-6(18(2)16)5-15-10-8(12)3-7(11(14)17)4-9(10)13/h3-4,6,15H,5H2,1-2H3,(H2,14,17). The predicted molar refractivity (Wildman–Crippen MR) is 74.3 cm³/mol. The zero-order valence-corrected chi connectivity index (χ0v) is 11.6. The third-order valence-electron chi connectivity index (χ3n) is 2.46. The van der Waals surface area contributed by atoms with E-state index >= 15 is 0 Å². The lowest BCUT2D eigenvalue weighted by molar-refractivity contribution is 0.587. The second-order valence-electron chi connectivity index (χ2n) is 3.87. The fourth-order valence-corrected chi connectivity index (χ4v) is 1.68. The van der Waals surface area contributed by atoms with Crippen molar-refractivity contribution >= 4 is 33.7 Å². The average molecular weight is 292 g/mol. The van der Waals surface area contributed by atoms with Crippen LogP contribution in [0.15, 0.2) is 12.1 Å². The van der Waals surface area contributed by atoms with E-state index in [0.29, 0.717) is 0 Å². The molecule has 0 saturated heterocycles. The first kappa shape index (κ1) is 15.0. The summed E-state index contributed by atoms with van der Waals surface area (Å²) in [5.74, 6) is -1.54. The molecule has 1 rings (SSSR count). The van der Waals surface area contributed by atoms with Gasteiger partial charge in [-0.25, -0.2) is 8.78 Å². The summed E-state index contributed by atoms with van der Waals surface area (Å²) >= 11 is 4.65. The lowest BCUT2D eigenvalue weighted by atomic mass is 10.2. The Morgan fingerprint density at radius 3 is 2.39 bits per heavy atom. The normalized spacial score (nSPS) is 14.0. The van der Waals surface area contributed by atoms with Crippen LogP contribution in [0.4, 0.5) is 14.5 Å². The van der Waals surface area contributed by atoms with Gasteiger partial charge in [0.1, 0.15) is 22.3 Å². The van der Waals surface area contributed by atoms with Crippen LogP contribution in [0, 0.1) is 11.6 Å². The molecule has 0 aliphatic heterocycles. The SMILES string of the molecule is CC(CNc1c(F)cc(C(N)=S)cc1F)S(C)=O. The Hall–Kier alpha value is -1.08. The maximum absolute atomic E-state index is 13.6. The van der Waals surface area contributed by atoms with Crippen LogP contribution in [0.25, 0.3) is 0 Å². The van der Waals surface area contributed by atoms with Crippen LogP contribution in [0.5, 0.6) is 0 Å². The molecule has 0 amide bonds. The lowest BCUT2D eigenvalue weighted by Gasteiger charge is -2.13. The van der Waals surface area contributed by atoms with Crippen molar-refractivity contribution < 1.29 is 13.0 Å². The Balaban J connectivity index is 2.90. The fraction of sp³-hybridized carbons (Fsp3) is 0.364. The van der Waals surface area contributed by atoms with Crippen molar-refractivity contribution in [2.75, 3.05) is 18.1 Å². The Morgan fingerprint density at radius 2 is 2.00 bits per heavy atom. The van der Waals surface area contributed by atoms with Gasteiger partial charge in [-0.15, -0.1) is 0 Å². The molecule has 1 aromatic rings.